The van der Waals surface area contributed by atoms with E-state index in [4.69, 9.17) is 4.74 Å². The number of anilines is 1. The first-order chi connectivity index (χ1) is 12.4. The molecule has 1 atom stereocenters. The van der Waals surface area contributed by atoms with Gasteiger partial charge in [0.25, 0.3) is 0 Å². The zero-order valence-electron chi connectivity index (χ0n) is 14.5. The van der Waals surface area contributed by atoms with Crippen LogP contribution in [-0.2, 0) is 10.9 Å². The van der Waals surface area contributed by atoms with Gasteiger partial charge in [0, 0.05) is 58.6 Å². The van der Waals surface area contributed by atoms with Crippen molar-refractivity contribution in [2.45, 2.75) is 12.3 Å². The Kier molecular flexibility index (Phi) is 6.28. The summed E-state index contributed by atoms with van der Waals surface area (Å²) in [5.41, 5.74) is -0.925. The van der Waals surface area contributed by atoms with Crippen molar-refractivity contribution in [1.29, 1.82) is 0 Å². The fraction of sp³-hybridized carbons (Fsp3) is 0.750. The highest BCUT2D eigenvalue weighted by Gasteiger charge is 2.33. The summed E-state index contributed by atoms with van der Waals surface area (Å²) in [6.45, 7) is 6.59. The Labute approximate surface area is 150 Å². The maximum Gasteiger partial charge on any atom is 0.433 e. The third-order valence-corrected chi connectivity index (χ3v) is 4.63. The molecule has 0 radical (unpaired) electrons. The molecule has 0 spiro atoms. The van der Waals surface area contributed by atoms with Crippen molar-refractivity contribution in [3.05, 3.63) is 18.0 Å². The summed E-state index contributed by atoms with van der Waals surface area (Å²) in [6, 6.07) is 0.877. The van der Waals surface area contributed by atoms with E-state index in [2.05, 4.69) is 19.8 Å². The van der Waals surface area contributed by atoms with Crippen LogP contribution < -0.4 is 4.90 Å². The predicted octanol–water partition coefficient (Wildman–Crippen LogP) is 0.311. The quantitative estimate of drug-likeness (QED) is 0.795. The number of rotatable bonds is 5. The lowest BCUT2D eigenvalue weighted by Gasteiger charge is -2.36. The lowest BCUT2D eigenvalue weighted by atomic mass is 10.2. The highest BCUT2D eigenvalue weighted by Crippen LogP contribution is 2.28. The molecule has 26 heavy (non-hydrogen) atoms. The van der Waals surface area contributed by atoms with Gasteiger partial charge in [0.1, 0.15) is 5.69 Å². The van der Waals surface area contributed by atoms with E-state index in [1.807, 2.05) is 0 Å². The summed E-state index contributed by atoms with van der Waals surface area (Å²) >= 11 is 0. The van der Waals surface area contributed by atoms with Gasteiger partial charge in [-0.25, -0.2) is 9.97 Å². The molecule has 1 unspecified atom stereocenters. The summed E-state index contributed by atoms with van der Waals surface area (Å²) in [4.78, 5) is 13.7. The average molecular weight is 375 g/mol. The van der Waals surface area contributed by atoms with Gasteiger partial charge in [-0.3, -0.25) is 9.80 Å². The van der Waals surface area contributed by atoms with Crippen LogP contribution in [0.3, 0.4) is 0 Å². The normalized spacial score (nSPS) is 21.8. The smallest absolute Gasteiger partial charge is 0.390 e. The van der Waals surface area contributed by atoms with Gasteiger partial charge in [0.05, 0.1) is 19.3 Å². The van der Waals surface area contributed by atoms with Crippen molar-refractivity contribution in [2.75, 3.05) is 70.5 Å². The molecule has 7 nitrogen and oxygen atoms in total. The van der Waals surface area contributed by atoms with Gasteiger partial charge in [0.15, 0.2) is 0 Å². The molecule has 2 aliphatic rings. The number of ether oxygens (including phenoxy) is 1. The van der Waals surface area contributed by atoms with Gasteiger partial charge in [-0.15, -0.1) is 0 Å². The van der Waals surface area contributed by atoms with E-state index < -0.39 is 18.0 Å². The van der Waals surface area contributed by atoms with Gasteiger partial charge < -0.3 is 14.7 Å². The minimum absolute atomic E-state index is 0.105. The van der Waals surface area contributed by atoms with Gasteiger partial charge >= 0.3 is 6.18 Å². The Bertz CT molecular complexity index is 575. The molecule has 2 aliphatic heterocycles. The van der Waals surface area contributed by atoms with E-state index in [0.29, 0.717) is 52.5 Å². The lowest BCUT2D eigenvalue weighted by molar-refractivity contribution is -0.141. The van der Waals surface area contributed by atoms with Gasteiger partial charge in [-0.2, -0.15) is 13.2 Å². The van der Waals surface area contributed by atoms with E-state index in [0.717, 1.165) is 25.4 Å². The van der Waals surface area contributed by atoms with Crippen molar-refractivity contribution in [3.8, 4) is 0 Å². The Morgan fingerprint density at radius 3 is 2.27 bits per heavy atom. The fourth-order valence-electron chi connectivity index (χ4n) is 3.23. The summed E-state index contributed by atoms with van der Waals surface area (Å²) in [5, 5.41) is 10.3. The summed E-state index contributed by atoms with van der Waals surface area (Å²) in [5.74, 6) is 0.105. The molecule has 0 bridgehead atoms. The van der Waals surface area contributed by atoms with Crippen LogP contribution in [-0.4, -0.2) is 96.6 Å². The first-order valence-electron chi connectivity index (χ1n) is 8.77. The fourth-order valence-corrected chi connectivity index (χ4v) is 3.23. The second-order valence-corrected chi connectivity index (χ2v) is 6.59. The number of nitrogens with zero attached hydrogens (tertiary/aromatic N) is 5. The third kappa shape index (κ3) is 5.26. The molecule has 2 fully saturated rings. The van der Waals surface area contributed by atoms with Crippen LogP contribution in [0.15, 0.2) is 12.3 Å². The molecule has 0 amide bonds. The first-order valence-corrected chi connectivity index (χ1v) is 8.77. The Balaban J connectivity index is 1.46. The number of aliphatic hydroxyl groups is 1. The summed E-state index contributed by atoms with van der Waals surface area (Å²) < 4.78 is 43.6. The number of hydrogen-bond donors (Lipinski definition) is 1. The zero-order valence-corrected chi connectivity index (χ0v) is 14.5. The summed E-state index contributed by atoms with van der Waals surface area (Å²) in [7, 11) is 0. The predicted molar refractivity (Wildman–Crippen MR) is 89.0 cm³/mol. The molecule has 0 aliphatic carbocycles. The van der Waals surface area contributed by atoms with Gasteiger partial charge in [-0.1, -0.05) is 0 Å². The van der Waals surface area contributed by atoms with E-state index in [1.165, 1.54) is 0 Å². The van der Waals surface area contributed by atoms with Crippen LogP contribution in [0.4, 0.5) is 19.1 Å². The molecule has 2 saturated heterocycles. The van der Waals surface area contributed by atoms with Crippen LogP contribution in [0.25, 0.3) is 0 Å². The number of hydrogen-bond acceptors (Lipinski definition) is 7. The minimum atomic E-state index is -4.47. The first kappa shape index (κ1) is 19.3. The van der Waals surface area contributed by atoms with E-state index in [9.17, 15) is 18.3 Å². The molecule has 1 aromatic heterocycles. The molecule has 3 rings (SSSR count). The Morgan fingerprint density at radius 1 is 1.04 bits per heavy atom. The molecular weight excluding hydrogens is 351 g/mol. The van der Waals surface area contributed by atoms with Crippen LogP contribution in [0, 0.1) is 0 Å². The largest absolute Gasteiger partial charge is 0.433 e. The molecular formula is C16H24F3N5O2. The van der Waals surface area contributed by atoms with E-state index >= 15 is 0 Å². The molecule has 0 saturated carbocycles. The number of β-amino-alcohol motifs (C(OH)–C–C–N with tert-alkyl or cyclic N) is 1. The number of morpholine rings is 1. The topological polar surface area (TPSA) is 65.0 Å². The van der Waals surface area contributed by atoms with Gasteiger partial charge in [-0.05, 0) is 6.07 Å². The molecule has 0 aromatic carbocycles. The highest BCUT2D eigenvalue weighted by atomic mass is 19.4. The zero-order chi connectivity index (χ0) is 18.6. The van der Waals surface area contributed by atoms with Crippen molar-refractivity contribution in [3.63, 3.8) is 0 Å². The van der Waals surface area contributed by atoms with Crippen molar-refractivity contribution < 1.29 is 23.0 Å². The maximum absolute atomic E-state index is 12.8. The Hall–Kier alpha value is -1.49. The van der Waals surface area contributed by atoms with Crippen LogP contribution in [0.1, 0.15) is 5.69 Å². The average Bonchev–Trinajstić information content (AvgIpc) is 2.62. The van der Waals surface area contributed by atoms with Crippen LogP contribution in [0.5, 0.6) is 0 Å². The third-order valence-electron chi connectivity index (χ3n) is 4.63. The van der Waals surface area contributed by atoms with Crippen molar-refractivity contribution >= 4 is 5.95 Å². The van der Waals surface area contributed by atoms with Gasteiger partial charge in [0.2, 0.25) is 5.95 Å². The van der Waals surface area contributed by atoms with Crippen molar-refractivity contribution in [2.24, 2.45) is 0 Å². The second-order valence-electron chi connectivity index (χ2n) is 6.59. The number of alkyl halides is 3. The molecule has 1 N–H and O–H groups in total. The van der Waals surface area contributed by atoms with E-state index in [-0.39, 0.29) is 5.95 Å². The number of piperazine rings is 1. The molecule has 10 heteroatoms. The number of aliphatic hydroxyl groups excluding tert-OH is 1. The van der Waals surface area contributed by atoms with E-state index in [1.54, 1.807) is 4.90 Å². The molecule has 146 valence electrons. The molecule has 3 heterocycles. The van der Waals surface area contributed by atoms with Crippen molar-refractivity contribution in [1.82, 2.24) is 19.8 Å². The minimum Gasteiger partial charge on any atom is -0.390 e. The highest BCUT2D eigenvalue weighted by molar-refractivity contribution is 5.31. The van der Waals surface area contributed by atoms with Crippen LogP contribution in [0.2, 0.25) is 0 Å². The number of aromatic nitrogens is 2. The lowest BCUT2D eigenvalue weighted by Crippen LogP contribution is -2.51. The standard InChI is InChI=1S/C16H24F3N5O2/c17-16(18,19)14-1-2-20-15(21-14)24-5-3-22(4-6-24)11-13(25)12-23-7-9-26-10-8-23/h1-2,13,25H,3-12H2. The summed E-state index contributed by atoms with van der Waals surface area (Å²) in [6.07, 6.45) is -3.78. The SMILES string of the molecule is OC(CN1CCOCC1)CN1CCN(c2nccc(C(F)(F)F)n2)CC1. The maximum atomic E-state index is 12.8. The second kappa shape index (κ2) is 8.47. The number of halogens is 3. The Morgan fingerprint density at radius 2 is 1.65 bits per heavy atom. The monoisotopic (exact) mass is 375 g/mol. The van der Waals surface area contributed by atoms with Crippen LogP contribution >= 0.6 is 0 Å². The molecule has 1 aromatic rings.